The number of guanidine groups is 1. The van der Waals surface area contributed by atoms with Crippen LogP contribution in [-0.2, 0) is 7.05 Å². The van der Waals surface area contributed by atoms with E-state index in [1.165, 1.54) is 17.5 Å². The lowest BCUT2D eigenvalue weighted by Gasteiger charge is -2.25. The van der Waals surface area contributed by atoms with Crippen LogP contribution in [0.4, 0.5) is 0 Å². The van der Waals surface area contributed by atoms with Crippen LogP contribution in [0.25, 0.3) is 0 Å². The summed E-state index contributed by atoms with van der Waals surface area (Å²) < 4.78 is 1.85. The number of rotatable bonds is 6. The summed E-state index contributed by atoms with van der Waals surface area (Å²) in [6.07, 6.45) is 5.19. The third-order valence-electron chi connectivity index (χ3n) is 5.24. The summed E-state index contributed by atoms with van der Waals surface area (Å²) in [6, 6.07) is 11.0. The summed E-state index contributed by atoms with van der Waals surface area (Å²) in [7, 11) is 6.15. The van der Waals surface area contributed by atoms with Crippen molar-refractivity contribution in [2.75, 3.05) is 40.3 Å². The van der Waals surface area contributed by atoms with Crippen LogP contribution in [0.5, 0.6) is 0 Å². The largest absolute Gasteiger partial charge is 0.357 e. The standard InChI is InChI=1S/C21H32N6/c1-5-22-21(23-14-20(25(2)3)19-13-24-26(4)15-19)27-12-11-18(16-27)17-9-7-6-8-10-17/h6-10,13,15,18,20H,5,11-12,14,16H2,1-4H3,(H,22,23). The molecule has 1 fully saturated rings. The van der Waals surface area contributed by atoms with Gasteiger partial charge in [-0.1, -0.05) is 30.3 Å². The number of aryl methyl sites for hydroxylation is 1. The molecule has 1 N–H and O–H groups in total. The predicted molar refractivity (Wildman–Crippen MR) is 111 cm³/mol. The molecule has 0 saturated carbocycles. The van der Waals surface area contributed by atoms with E-state index in [4.69, 9.17) is 4.99 Å². The van der Waals surface area contributed by atoms with Crippen LogP contribution < -0.4 is 5.32 Å². The van der Waals surface area contributed by atoms with Crippen molar-refractivity contribution in [2.24, 2.45) is 12.0 Å². The first kappa shape index (κ1) is 19.4. The Kier molecular flexibility index (Phi) is 6.50. The van der Waals surface area contributed by atoms with Crippen LogP contribution in [0, 0.1) is 0 Å². The highest BCUT2D eigenvalue weighted by molar-refractivity contribution is 5.80. The number of aliphatic imine (C=N–C) groups is 1. The molecule has 6 nitrogen and oxygen atoms in total. The zero-order chi connectivity index (χ0) is 19.2. The van der Waals surface area contributed by atoms with Gasteiger partial charge in [0.25, 0.3) is 0 Å². The van der Waals surface area contributed by atoms with E-state index in [0.717, 1.165) is 25.6 Å². The highest BCUT2D eigenvalue weighted by atomic mass is 15.3. The summed E-state index contributed by atoms with van der Waals surface area (Å²) in [5, 5.41) is 7.80. The van der Waals surface area contributed by atoms with Gasteiger partial charge in [0.05, 0.1) is 18.8 Å². The van der Waals surface area contributed by atoms with Gasteiger partial charge in [-0.05, 0) is 33.0 Å². The Labute approximate surface area is 162 Å². The Hall–Kier alpha value is -2.34. The third kappa shape index (κ3) is 4.89. The van der Waals surface area contributed by atoms with E-state index in [1.54, 1.807) is 0 Å². The lowest BCUT2D eigenvalue weighted by molar-refractivity contribution is 0.305. The summed E-state index contributed by atoms with van der Waals surface area (Å²) in [4.78, 5) is 9.59. The Morgan fingerprint density at radius 2 is 2.11 bits per heavy atom. The second-order valence-corrected chi connectivity index (χ2v) is 7.46. The number of likely N-dealkylation sites (N-methyl/N-ethyl adjacent to an activating group) is 1. The lowest BCUT2D eigenvalue weighted by Crippen LogP contribution is -2.40. The molecule has 6 heteroatoms. The van der Waals surface area contributed by atoms with Gasteiger partial charge in [0, 0.05) is 44.4 Å². The third-order valence-corrected chi connectivity index (χ3v) is 5.24. The Bertz CT molecular complexity index is 736. The molecule has 27 heavy (non-hydrogen) atoms. The Balaban J connectivity index is 1.70. The van der Waals surface area contributed by atoms with E-state index in [0.29, 0.717) is 12.5 Å². The van der Waals surface area contributed by atoms with Gasteiger partial charge in [-0.25, -0.2) is 0 Å². The number of hydrogen-bond acceptors (Lipinski definition) is 3. The molecule has 0 radical (unpaired) electrons. The van der Waals surface area contributed by atoms with Crippen molar-refractivity contribution in [3.63, 3.8) is 0 Å². The normalized spacial score (nSPS) is 18.9. The van der Waals surface area contributed by atoms with Crippen molar-refractivity contribution in [2.45, 2.75) is 25.3 Å². The molecule has 1 aliphatic rings. The van der Waals surface area contributed by atoms with Gasteiger partial charge in [-0.15, -0.1) is 0 Å². The van der Waals surface area contributed by atoms with E-state index in [2.05, 4.69) is 77.8 Å². The maximum absolute atomic E-state index is 4.98. The molecule has 3 rings (SSSR count). The summed E-state index contributed by atoms with van der Waals surface area (Å²) in [5.74, 6) is 1.60. The van der Waals surface area contributed by atoms with E-state index >= 15 is 0 Å². The monoisotopic (exact) mass is 368 g/mol. The van der Waals surface area contributed by atoms with E-state index < -0.39 is 0 Å². The van der Waals surface area contributed by atoms with Gasteiger partial charge in [-0.3, -0.25) is 9.67 Å². The van der Waals surface area contributed by atoms with Crippen molar-refractivity contribution in [1.82, 2.24) is 24.9 Å². The first-order chi connectivity index (χ1) is 13.1. The van der Waals surface area contributed by atoms with Crippen LogP contribution in [-0.4, -0.2) is 65.8 Å². The minimum absolute atomic E-state index is 0.222. The average Bonchev–Trinajstić information content (AvgIpc) is 3.31. The SMILES string of the molecule is CCNC(=NCC(c1cnn(C)c1)N(C)C)N1CCC(c2ccccc2)C1. The second-order valence-electron chi connectivity index (χ2n) is 7.46. The second kappa shape index (κ2) is 9.04. The molecular formula is C21H32N6. The highest BCUT2D eigenvalue weighted by Crippen LogP contribution is 2.27. The molecular weight excluding hydrogens is 336 g/mol. The summed E-state index contributed by atoms with van der Waals surface area (Å²) in [6.45, 7) is 5.80. The van der Waals surface area contributed by atoms with Crippen LogP contribution in [0.2, 0.25) is 0 Å². The molecule has 1 saturated heterocycles. The molecule has 0 amide bonds. The molecule has 2 atom stereocenters. The molecule has 0 aliphatic carbocycles. The van der Waals surface area contributed by atoms with Crippen molar-refractivity contribution in [3.8, 4) is 0 Å². The Morgan fingerprint density at radius 1 is 1.33 bits per heavy atom. The van der Waals surface area contributed by atoms with Crippen LogP contribution in [0.1, 0.15) is 36.4 Å². The number of nitrogens with zero attached hydrogens (tertiary/aromatic N) is 5. The van der Waals surface area contributed by atoms with Gasteiger partial charge in [0.2, 0.25) is 0 Å². The quantitative estimate of drug-likeness (QED) is 0.629. The van der Waals surface area contributed by atoms with Crippen molar-refractivity contribution >= 4 is 5.96 Å². The van der Waals surface area contributed by atoms with Crippen molar-refractivity contribution < 1.29 is 0 Å². The molecule has 0 spiro atoms. The van der Waals surface area contributed by atoms with Crippen molar-refractivity contribution in [1.29, 1.82) is 0 Å². The zero-order valence-corrected chi connectivity index (χ0v) is 17.0. The van der Waals surface area contributed by atoms with Crippen LogP contribution in [0.15, 0.2) is 47.7 Å². The average molecular weight is 369 g/mol. The zero-order valence-electron chi connectivity index (χ0n) is 17.0. The number of hydrogen-bond donors (Lipinski definition) is 1. The summed E-state index contributed by atoms with van der Waals surface area (Å²) >= 11 is 0. The van der Waals surface area contributed by atoms with Gasteiger partial charge in [0.1, 0.15) is 0 Å². The predicted octanol–water partition coefficient (Wildman–Crippen LogP) is 2.48. The molecule has 0 bridgehead atoms. The van der Waals surface area contributed by atoms with Gasteiger partial charge < -0.3 is 15.1 Å². The first-order valence-electron chi connectivity index (χ1n) is 9.81. The minimum atomic E-state index is 0.222. The fraction of sp³-hybridized carbons (Fsp3) is 0.524. The van der Waals surface area contributed by atoms with Crippen molar-refractivity contribution in [3.05, 3.63) is 53.9 Å². The molecule has 1 aliphatic heterocycles. The summed E-state index contributed by atoms with van der Waals surface area (Å²) in [5.41, 5.74) is 2.63. The molecule has 1 aromatic carbocycles. The first-order valence-corrected chi connectivity index (χ1v) is 9.81. The van der Waals surface area contributed by atoms with E-state index in [1.807, 2.05) is 17.9 Å². The number of likely N-dealkylation sites (tertiary alicyclic amines) is 1. The van der Waals surface area contributed by atoms with Gasteiger partial charge in [-0.2, -0.15) is 5.10 Å². The molecule has 146 valence electrons. The van der Waals surface area contributed by atoms with E-state index in [-0.39, 0.29) is 6.04 Å². The molecule has 1 aromatic heterocycles. The van der Waals surface area contributed by atoms with E-state index in [9.17, 15) is 0 Å². The highest BCUT2D eigenvalue weighted by Gasteiger charge is 2.26. The maximum Gasteiger partial charge on any atom is 0.194 e. The number of aromatic nitrogens is 2. The lowest BCUT2D eigenvalue weighted by atomic mass is 9.99. The topological polar surface area (TPSA) is 48.7 Å². The maximum atomic E-state index is 4.98. The Morgan fingerprint density at radius 3 is 2.74 bits per heavy atom. The number of benzene rings is 1. The van der Waals surface area contributed by atoms with Crippen LogP contribution >= 0.6 is 0 Å². The molecule has 2 aromatic rings. The van der Waals surface area contributed by atoms with Crippen LogP contribution in [0.3, 0.4) is 0 Å². The fourth-order valence-corrected chi connectivity index (χ4v) is 3.73. The van der Waals surface area contributed by atoms with Gasteiger partial charge >= 0.3 is 0 Å². The molecule has 2 unspecified atom stereocenters. The molecule has 2 heterocycles. The van der Waals surface area contributed by atoms with Gasteiger partial charge in [0.15, 0.2) is 5.96 Å². The number of nitrogens with one attached hydrogen (secondary N) is 1. The smallest absolute Gasteiger partial charge is 0.194 e. The fourth-order valence-electron chi connectivity index (χ4n) is 3.73. The minimum Gasteiger partial charge on any atom is -0.357 e.